The summed E-state index contributed by atoms with van der Waals surface area (Å²) in [4.78, 5) is 11.9. The number of carboxylic acids is 1. The second-order valence-corrected chi connectivity index (χ2v) is 6.52. The van der Waals surface area contributed by atoms with Crippen molar-refractivity contribution in [2.75, 3.05) is 7.11 Å². The number of rotatable bonds is 3. The van der Waals surface area contributed by atoms with Gasteiger partial charge in [0.25, 0.3) is 0 Å². The molecule has 0 aromatic heterocycles. The van der Waals surface area contributed by atoms with E-state index in [0.29, 0.717) is 17.7 Å². The molecule has 0 saturated carbocycles. The van der Waals surface area contributed by atoms with E-state index < -0.39 is 11.8 Å². The second kappa shape index (κ2) is 6.43. The summed E-state index contributed by atoms with van der Waals surface area (Å²) in [6.45, 7) is 0. The predicted octanol–water partition coefficient (Wildman–Crippen LogP) is 4.67. The maximum absolute atomic E-state index is 14.3. The summed E-state index contributed by atoms with van der Waals surface area (Å²) in [5.41, 5.74) is 4.08. The van der Waals surface area contributed by atoms with Crippen LogP contribution in [0.2, 0.25) is 0 Å². The van der Waals surface area contributed by atoms with Gasteiger partial charge in [-0.25, -0.2) is 9.18 Å². The first-order valence-corrected chi connectivity index (χ1v) is 8.55. The molecule has 27 heavy (non-hydrogen) atoms. The minimum Gasteiger partial charge on any atom is -0.504 e. The van der Waals surface area contributed by atoms with Gasteiger partial charge >= 0.3 is 5.97 Å². The molecule has 3 aromatic carbocycles. The third-order valence-corrected chi connectivity index (χ3v) is 5.00. The molecule has 0 amide bonds. The lowest BCUT2D eigenvalue weighted by molar-refractivity contribution is 0.0697. The maximum Gasteiger partial charge on any atom is 0.336 e. The smallest absolute Gasteiger partial charge is 0.336 e. The quantitative estimate of drug-likeness (QED) is 0.709. The van der Waals surface area contributed by atoms with Crippen LogP contribution in [0.1, 0.15) is 21.5 Å². The molecule has 0 radical (unpaired) electrons. The Bertz CT molecular complexity index is 1070. The largest absolute Gasteiger partial charge is 0.504 e. The van der Waals surface area contributed by atoms with Crippen molar-refractivity contribution < 1.29 is 24.1 Å². The first-order chi connectivity index (χ1) is 13.0. The third kappa shape index (κ3) is 2.81. The molecule has 4 rings (SSSR count). The molecule has 1 aliphatic carbocycles. The van der Waals surface area contributed by atoms with Crippen LogP contribution in [-0.4, -0.2) is 23.3 Å². The molecular formula is C22H17FO4. The van der Waals surface area contributed by atoms with E-state index >= 15 is 0 Å². The average Bonchev–Trinajstić information content (AvgIpc) is 2.66. The van der Waals surface area contributed by atoms with E-state index in [-0.39, 0.29) is 16.9 Å². The maximum atomic E-state index is 14.3. The predicted molar refractivity (Wildman–Crippen MR) is 99.9 cm³/mol. The fraction of sp³-hybridized carbons (Fsp3) is 0.136. The van der Waals surface area contributed by atoms with Crippen molar-refractivity contribution in [2.24, 2.45) is 0 Å². The molecule has 1 aliphatic rings. The van der Waals surface area contributed by atoms with Crippen LogP contribution < -0.4 is 4.74 Å². The van der Waals surface area contributed by atoms with E-state index in [4.69, 9.17) is 4.74 Å². The molecule has 0 bridgehead atoms. The molecule has 0 unspecified atom stereocenters. The van der Waals surface area contributed by atoms with Crippen LogP contribution >= 0.6 is 0 Å². The minimum atomic E-state index is -1.12. The van der Waals surface area contributed by atoms with Crippen LogP contribution in [0.25, 0.3) is 22.3 Å². The number of methoxy groups -OCH3 is 1. The van der Waals surface area contributed by atoms with Gasteiger partial charge in [-0.05, 0) is 71.0 Å². The lowest BCUT2D eigenvalue weighted by atomic mass is 9.82. The molecule has 4 nitrogen and oxygen atoms in total. The number of fused-ring (bicyclic) bond motifs is 3. The van der Waals surface area contributed by atoms with E-state index in [1.165, 1.54) is 13.2 Å². The van der Waals surface area contributed by atoms with Gasteiger partial charge in [0.05, 0.1) is 12.7 Å². The number of benzene rings is 3. The highest BCUT2D eigenvalue weighted by Gasteiger charge is 2.24. The van der Waals surface area contributed by atoms with Crippen LogP contribution in [0, 0.1) is 5.82 Å². The summed E-state index contributed by atoms with van der Waals surface area (Å²) in [5, 5.41) is 19.9. The SMILES string of the molecule is COc1cc2c(cc1O)-c1cc(C(=O)O)c(-c3ccccc3F)cc1CC2. The highest BCUT2D eigenvalue weighted by Crippen LogP contribution is 2.42. The van der Waals surface area contributed by atoms with Crippen molar-refractivity contribution in [2.45, 2.75) is 12.8 Å². The molecule has 0 spiro atoms. The molecule has 0 aliphatic heterocycles. The molecule has 0 fully saturated rings. The van der Waals surface area contributed by atoms with E-state index in [2.05, 4.69) is 0 Å². The number of aromatic hydroxyl groups is 1. The average molecular weight is 364 g/mol. The zero-order valence-electron chi connectivity index (χ0n) is 14.6. The monoisotopic (exact) mass is 364 g/mol. The fourth-order valence-electron chi connectivity index (χ4n) is 3.68. The molecule has 5 heteroatoms. The van der Waals surface area contributed by atoms with Crippen molar-refractivity contribution in [3.05, 3.63) is 71.0 Å². The number of aromatic carboxylic acids is 1. The Labute approximate surface area is 155 Å². The number of halogens is 1. The molecule has 136 valence electrons. The van der Waals surface area contributed by atoms with Gasteiger partial charge in [-0.1, -0.05) is 18.2 Å². The second-order valence-electron chi connectivity index (χ2n) is 6.52. The van der Waals surface area contributed by atoms with Crippen LogP contribution in [0.5, 0.6) is 11.5 Å². The van der Waals surface area contributed by atoms with Crippen LogP contribution in [0.15, 0.2) is 48.5 Å². The summed E-state index contributed by atoms with van der Waals surface area (Å²) in [7, 11) is 1.49. The molecule has 0 saturated heterocycles. The van der Waals surface area contributed by atoms with Crippen molar-refractivity contribution in [3.8, 4) is 33.8 Å². The number of aryl methyl sites for hydroxylation is 2. The van der Waals surface area contributed by atoms with Gasteiger partial charge in [-0.3, -0.25) is 0 Å². The summed E-state index contributed by atoms with van der Waals surface area (Å²) in [6.07, 6.45) is 1.42. The minimum absolute atomic E-state index is 0.000782. The fourth-order valence-corrected chi connectivity index (χ4v) is 3.68. The first-order valence-electron chi connectivity index (χ1n) is 8.55. The Morgan fingerprint density at radius 3 is 2.30 bits per heavy atom. The topological polar surface area (TPSA) is 66.8 Å². The Balaban J connectivity index is 1.96. The Morgan fingerprint density at radius 1 is 0.963 bits per heavy atom. The lowest BCUT2D eigenvalue weighted by Gasteiger charge is -2.23. The standard InChI is InChI=1S/C22H17FO4/c1-27-21-9-13-7-6-12-8-17(14-4-2-3-5-19(14)23)18(22(25)26)10-15(12)16(13)11-20(21)24/h2-5,8-11,24H,6-7H2,1H3,(H,25,26). The van der Waals surface area contributed by atoms with Gasteiger partial charge < -0.3 is 14.9 Å². The van der Waals surface area contributed by atoms with E-state index in [9.17, 15) is 19.4 Å². The molecule has 0 heterocycles. The summed E-state index contributed by atoms with van der Waals surface area (Å²) in [5.74, 6) is -1.20. The van der Waals surface area contributed by atoms with E-state index in [0.717, 1.165) is 28.7 Å². The van der Waals surface area contributed by atoms with Gasteiger partial charge in [0.1, 0.15) is 5.82 Å². The van der Waals surface area contributed by atoms with Crippen molar-refractivity contribution in [3.63, 3.8) is 0 Å². The van der Waals surface area contributed by atoms with Gasteiger partial charge in [0, 0.05) is 5.56 Å². The Hall–Kier alpha value is -3.34. The van der Waals surface area contributed by atoms with E-state index in [1.807, 2.05) is 0 Å². The van der Waals surface area contributed by atoms with Crippen LogP contribution in [0.3, 0.4) is 0 Å². The highest BCUT2D eigenvalue weighted by molar-refractivity contribution is 5.99. The zero-order chi connectivity index (χ0) is 19.1. The number of hydrogen-bond acceptors (Lipinski definition) is 3. The Morgan fingerprint density at radius 2 is 1.63 bits per heavy atom. The van der Waals surface area contributed by atoms with Crippen molar-refractivity contribution in [1.29, 1.82) is 0 Å². The lowest BCUT2D eigenvalue weighted by Crippen LogP contribution is -2.09. The van der Waals surface area contributed by atoms with Crippen LogP contribution in [-0.2, 0) is 12.8 Å². The summed E-state index contributed by atoms with van der Waals surface area (Å²) >= 11 is 0. The molecule has 3 aromatic rings. The number of ether oxygens (including phenoxy) is 1. The molecule has 2 N–H and O–H groups in total. The summed E-state index contributed by atoms with van der Waals surface area (Å²) in [6, 6.07) is 12.9. The van der Waals surface area contributed by atoms with E-state index in [1.54, 1.807) is 42.5 Å². The summed E-state index contributed by atoms with van der Waals surface area (Å²) < 4.78 is 19.5. The van der Waals surface area contributed by atoms with Gasteiger partial charge in [-0.15, -0.1) is 0 Å². The third-order valence-electron chi connectivity index (χ3n) is 5.00. The normalized spacial score (nSPS) is 12.2. The van der Waals surface area contributed by atoms with Gasteiger partial charge in [0.2, 0.25) is 0 Å². The van der Waals surface area contributed by atoms with Crippen LogP contribution in [0.4, 0.5) is 4.39 Å². The first kappa shape index (κ1) is 17.1. The number of carbonyl (C=O) groups is 1. The molecular weight excluding hydrogens is 347 g/mol. The zero-order valence-corrected chi connectivity index (χ0v) is 14.6. The van der Waals surface area contributed by atoms with Gasteiger partial charge in [-0.2, -0.15) is 0 Å². The van der Waals surface area contributed by atoms with Gasteiger partial charge in [0.15, 0.2) is 11.5 Å². The highest BCUT2D eigenvalue weighted by atomic mass is 19.1. The van der Waals surface area contributed by atoms with Crippen molar-refractivity contribution >= 4 is 5.97 Å². The number of phenolic OH excluding ortho intramolecular Hbond substituents is 1. The number of phenols is 1. The molecule has 0 atom stereocenters. The number of hydrogen-bond donors (Lipinski definition) is 2. The number of carboxylic acid groups (broad SMARTS) is 1. The van der Waals surface area contributed by atoms with Crippen molar-refractivity contribution in [1.82, 2.24) is 0 Å². The Kier molecular flexibility index (Phi) is 4.07.